The summed E-state index contributed by atoms with van der Waals surface area (Å²) >= 11 is 3.38. The molecule has 30 heteroatoms. The second-order valence-electron chi connectivity index (χ2n) is 23.1. The average Bonchev–Trinajstić information content (AvgIpc) is 3.12. The molecule has 12 aliphatic rings. The largest absolute Gasteiger partial charge is 0.380 e. The average molecular weight is 1320 g/mol. The first-order chi connectivity index (χ1) is 41.7. The zero-order chi connectivity index (χ0) is 65.1. The molecule has 12 rings (SSSR count). The van der Waals surface area contributed by atoms with Gasteiger partial charge in [-0.3, -0.25) is 0 Å². The number of ether oxygens (including phenoxy) is 18. The molecule has 28 nitrogen and oxygen atoms in total. The van der Waals surface area contributed by atoms with E-state index in [1.54, 1.807) is 51.2 Å². The van der Waals surface area contributed by atoms with E-state index < -0.39 is 54.2 Å². The van der Waals surface area contributed by atoms with Gasteiger partial charge >= 0.3 is 0 Å². The Hall–Kier alpha value is -0.420. The molecule has 21 atom stereocenters. The molecule has 0 aromatic carbocycles. The summed E-state index contributed by atoms with van der Waals surface area (Å²) in [5, 5.41) is 90.7. The molecule has 0 amide bonds. The lowest BCUT2D eigenvalue weighted by atomic mass is 9.94. The minimum Gasteiger partial charge on any atom is -0.380 e. The Kier molecular flexibility index (Phi) is 41.9. The monoisotopic (exact) mass is 1320 g/mol. The van der Waals surface area contributed by atoms with Crippen LogP contribution in [0.1, 0.15) is 121 Å². The summed E-state index contributed by atoms with van der Waals surface area (Å²) in [5.74, 6) is -1.15. The van der Waals surface area contributed by atoms with Crippen LogP contribution in [0.25, 0.3) is 0 Å². The van der Waals surface area contributed by atoms with Gasteiger partial charge in [0.25, 0.3) is 0 Å². The van der Waals surface area contributed by atoms with E-state index in [2.05, 4.69) is 0 Å². The maximum atomic E-state index is 10.0. The second-order valence-corrected chi connectivity index (χ2v) is 25.9. The fourth-order valence-corrected chi connectivity index (χ4v) is 11.4. The van der Waals surface area contributed by atoms with Crippen LogP contribution < -0.4 is 0 Å². The molecule has 88 heavy (non-hydrogen) atoms. The molecule has 10 N–H and O–H groups in total. The summed E-state index contributed by atoms with van der Waals surface area (Å²) in [6, 6.07) is 0. The van der Waals surface area contributed by atoms with Crippen molar-refractivity contribution < 1.29 is 136 Å². The lowest BCUT2D eigenvalue weighted by molar-refractivity contribution is -0.275. The molecule has 21 unspecified atom stereocenters. The Bertz CT molecular complexity index is 1630. The third kappa shape index (κ3) is 37.0. The van der Waals surface area contributed by atoms with Gasteiger partial charge in [0.05, 0.1) is 155 Å². The van der Waals surface area contributed by atoms with Crippen LogP contribution in [0.5, 0.6) is 0 Å². The molecule has 0 aromatic heterocycles. The molecule has 2 saturated carbocycles. The maximum Gasteiger partial charge on any atom is 0.186 e. The van der Waals surface area contributed by atoms with E-state index in [-0.39, 0.29) is 73.6 Å². The summed E-state index contributed by atoms with van der Waals surface area (Å²) in [7, 11) is 0. The van der Waals surface area contributed by atoms with Crippen molar-refractivity contribution >= 4 is 23.5 Å². The highest BCUT2D eigenvalue weighted by atomic mass is 32.2. The Morgan fingerprint density at radius 2 is 0.989 bits per heavy atom. The van der Waals surface area contributed by atoms with Crippen molar-refractivity contribution in [3.05, 3.63) is 0 Å². The third-order valence-electron chi connectivity index (χ3n) is 14.1. The predicted molar refractivity (Wildman–Crippen MR) is 319 cm³/mol. The van der Waals surface area contributed by atoms with Gasteiger partial charge in [-0.25, -0.2) is 0 Å². The lowest BCUT2D eigenvalue weighted by Crippen LogP contribution is -2.47. The quantitative estimate of drug-likeness (QED) is 0.164. The van der Waals surface area contributed by atoms with Crippen molar-refractivity contribution in [3.8, 4) is 0 Å². The molecule has 10 aliphatic heterocycles. The van der Waals surface area contributed by atoms with Crippen molar-refractivity contribution in [1.29, 1.82) is 0 Å². The first-order valence-corrected chi connectivity index (χ1v) is 32.9. The SMILES string of the molecule is CC1(O)COCCO1.CC1COC(C)(O)CO1.CC1COC(C)C(O)O1.CC1COC(O)CO1.CC1COCC(O)O1.CC1OCC(O)OC1C.CC1OCCOC1O.OC12CCCCC1OCCS2.OC1COC2CCCCC2S1.OC1COCCO1. The van der Waals surface area contributed by atoms with Gasteiger partial charge in [-0.1, -0.05) is 19.3 Å². The lowest BCUT2D eigenvalue weighted by Gasteiger charge is -2.42. The van der Waals surface area contributed by atoms with E-state index in [1.807, 2.05) is 41.5 Å². The summed E-state index contributed by atoms with van der Waals surface area (Å²) in [6.45, 7) is 26.7. The van der Waals surface area contributed by atoms with E-state index in [9.17, 15) is 10.2 Å². The molecule has 0 bridgehead atoms. The number of aliphatic hydroxyl groups excluding tert-OH is 7. The van der Waals surface area contributed by atoms with E-state index in [4.69, 9.17) is 126 Å². The fraction of sp³-hybridized carbons (Fsp3) is 1.00. The molecule has 12 fully saturated rings. The number of hydrogen-bond donors (Lipinski definition) is 10. The van der Waals surface area contributed by atoms with Crippen LogP contribution in [-0.2, 0) is 85.3 Å². The van der Waals surface area contributed by atoms with Gasteiger partial charge in [-0.05, 0) is 101 Å². The van der Waals surface area contributed by atoms with Crippen LogP contribution in [0.3, 0.4) is 0 Å². The van der Waals surface area contributed by atoms with Crippen molar-refractivity contribution in [2.75, 3.05) is 125 Å². The van der Waals surface area contributed by atoms with Gasteiger partial charge in [-0.15, -0.1) is 23.5 Å². The molecule has 0 radical (unpaired) electrons. The zero-order valence-corrected chi connectivity index (χ0v) is 55.3. The summed E-state index contributed by atoms with van der Waals surface area (Å²) in [5.41, 5.74) is -0.269. The number of fused-ring (bicyclic) bond motifs is 2. The molecule has 524 valence electrons. The van der Waals surface area contributed by atoms with Crippen LogP contribution in [-0.4, -0.2) is 302 Å². The highest BCUT2D eigenvalue weighted by molar-refractivity contribution is 8.00. The summed E-state index contributed by atoms with van der Waals surface area (Å²) in [4.78, 5) is -0.531. The number of hydrogen-bond acceptors (Lipinski definition) is 30. The molecule has 10 saturated heterocycles. The summed E-state index contributed by atoms with van der Waals surface area (Å²) in [6.07, 6.45) is 5.74. The Morgan fingerprint density at radius 3 is 1.48 bits per heavy atom. The molecule has 0 aromatic rings. The van der Waals surface area contributed by atoms with Crippen molar-refractivity contribution in [2.45, 2.75) is 247 Å². The third-order valence-corrected chi connectivity index (χ3v) is 16.8. The normalized spacial score (nSPS) is 42.1. The second kappa shape index (κ2) is 45.1. The van der Waals surface area contributed by atoms with Crippen molar-refractivity contribution in [1.82, 2.24) is 0 Å². The van der Waals surface area contributed by atoms with E-state index >= 15 is 0 Å². The Balaban J connectivity index is 0.000000256. The zero-order valence-electron chi connectivity index (χ0n) is 53.6. The topological polar surface area (TPSA) is 368 Å². The number of thioether (sulfide) groups is 2. The minimum atomic E-state index is -1.06. The maximum absolute atomic E-state index is 10.0. The molecule has 10 heterocycles. The van der Waals surface area contributed by atoms with Gasteiger partial charge in [0, 0.05) is 11.0 Å². The molecular weight excluding hydrogens is 1210 g/mol. The standard InChI is InChI=1S/2C8H14O2S.3C6H12O3.4C5H10O3.C4H8O3/c9-8-4-2-1-3-7(8)10-5-6-11-8;9-8-5-10-6-3-1-2-4-7(6)11-8;1-5-3-9-6(2,7)4-8-5;1-4-5(2)9-6(7)3-8-4;1-4-3-8-5(2)6(7)9-4;1-4-2-8-5(6)3-7-4;1-4-2-7-3-5(6)8-4;1-5(6)4-7-2-3-8-5;1-4-5(6)8-3-2-7-4;5-4-3-6-1-2-7-4/h7,9H,1-6H2;6-9H,1-5H2;5,7H,3-4H2,1-2H3;2*4-7H,3H2,1-2H3;2*4-6H,2-3H2,1H3;6H,2-4H2,1H3;4-6H,2-3H2,1H3;4-5H,1-3H2. The van der Waals surface area contributed by atoms with Crippen molar-refractivity contribution in [2.24, 2.45) is 0 Å². The number of rotatable bonds is 0. The smallest absolute Gasteiger partial charge is 0.186 e. The van der Waals surface area contributed by atoms with Gasteiger partial charge in [0.2, 0.25) is 0 Å². The van der Waals surface area contributed by atoms with E-state index in [0.29, 0.717) is 110 Å². The molecular formula is C58H112O28S2. The Morgan fingerprint density at radius 1 is 0.386 bits per heavy atom. The van der Waals surface area contributed by atoms with Crippen LogP contribution in [0.15, 0.2) is 0 Å². The molecule has 0 spiro atoms. The van der Waals surface area contributed by atoms with Gasteiger partial charge in [0.15, 0.2) is 49.3 Å². The van der Waals surface area contributed by atoms with Crippen molar-refractivity contribution in [3.63, 3.8) is 0 Å². The minimum absolute atomic E-state index is 0.00810. The van der Waals surface area contributed by atoms with Gasteiger partial charge in [0.1, 0.15) is 35.8 Å². The summed E-state index contributed by atoms with van der Waals surface area (Å²) < 4.78 is 90.3. The van der Waals surface area contributed by atoms with E-state index in [0.717, 1.165) is 31.6 Å². The van der Waals surface area contributed by atoms with Crippen LogP contribution >= 0.6 is 23.5 Å². The van der Waals surface area contributed by atoms with Gasteiger partial charge in [-0.2, -0.15) is 0 Å². The number of aliphatic hydroxyl groups is 10. The van der Waals surface area contributed by atoms with Crippen LogP contribution in [0.2, 0.25) is 0 Å². The van der Waals surface area contributed by atoms with Crippen LogP contribution in [0.4, 0.5) is 0 Å². The predicted octanol–water partition coefficient (Wildman–Crippen LogP) is 1.46. The highest BCUT2D eigenvalue weighted by Gasteiger charge is 2.42. The van der Waals surface area contributed by atoms with E-state index in [1.165, 1.54) is 32.1 Å². The van der Waals surface area contributed by atoms with Gasteiger partial charge < -0.3 is 136 Å². The molecule has 2 aliphatic carbocycles. The highest BCUT2D eigenvalue weighted by Crippen LogP contribution is 2.42. The fourth-order valence-electron chi connectivity index (χ4n) is 8.94. The Labute approximate surface area is 529 Å². The van der Waals surface area contributed by atoms with Crippen LogP contribution in [0, 0.1) is 0 Å². The first-order valence-electron chi connectivity index (χ1n) is 31.0. The first kappa shape index (κ1) is 81.8.